The van der Waals surface area contributed by atoms with Gasteiger partial charge in [-0.15, -0.1) is 0 Å². The summed E-state index contributed by atoms with van der Waals surface area (Å²) < 4.78 is 0. The maximum absolute atomic E-state index is 4.32. The molecule has 5 heteroatoms. The summed E-state index contributed by atoms with van der Waals surface area (Å²) in [6.07, 6.45) is 7.38. The maximum atomic E-state index is 4.32. The fraction of sp³-hybridized carbons (Fsp3) is 0.200. The lowest BCUT2D eigenvalue weighted by atomic mass is 10.2. The fourth-order valence-electron chi connectivity index (χ4n) is 2.15. The van der Waals surface area contributed by atoms with Crippen LogP contribution in [0.3, 0.4) is 0 Å². The summed E-state index contributed by atoms with van der Waals surface area (Å²) in [6.45, 7) is 2.58. The molecule has 102 valence electrons. The molecule has 3 heterocycles. The first-order valence-electron chi connectivity index (χ1n) is 6.51. The van der Waals surface area contributed by atoms with Gasteiger partial charge in [-0.05, 0) is 34.0 Å². The van der Waals surface area contributed by atoms with Crippen molar-refractivity contribution in [2.75, 3.05) is 0 Å². The molecular formula is C15H16N4S. The zero-order chi connectivity index (χ0) is 13.6. The van der Waals surface area contributed by atoms with Crippen LogP contribution in [-0.4, -0.2) is 19.9 Å². The van der Waals surface area contributed by atoms with Crippen LogP contribution < -0.4 is 0 Å². The van der Waals surface area contributed by atoms with Gasteiger partial charge < -0.3 is 4.98 Å². The van der Waals surface area contributed by atoms with E-state index in [1.165, 1.54) is 11.1 Å². The van der Waals surface area contributed by atoms with Crippen molar-refractivity contribution < 1.29 is 0 Å². The smallest absolute Gasteiger partial charge is 0.120 e. The third-order valence-electron chi connectivity index (χ3n) is 3.04. The van der Waals surface area contributed by atoms with Crippen molar-refractivity contribution in [1.82, 2.24) is 19.9 Å². The maximum Gasteiger partial charge on any atom is 0.120 e. The summed E-state index contributed by atoms with van der Waals surface area (Å²) in [7, 11) is 0. The van der Waals surface area contributed by atoms with E-state index in [9.17, 15) is 0 Å². The van der Waals surface area contributed by atoms with Gasteiger partial charge in [-0.2, -0.15) is 11.3 Å². The molecule has 0 radical (unpaired) electrons. The van der Waals surface area contributed by atoms with E-state index in [-0.39, 0.29) is 0 Å². The summed E-state index contributed by atoms with van der Waals surface area (Å²) in [5, 5.41) is 4.31. The monoisotopic (exact) mass is 284 g/mol. The number of aromatic nitrogens is 3. The third kappa shape index (κ3) is 3.53. The van der Waals surface area contributed by atoms with Crippen LogP contribution in [0.5, 0.6) is 0 Å². The molecule has 1 N–H and O–H groups in total. The Labute approximate surface area is 122 Å². The van der Waals surface area contributed by atoms with Crippen molar-refractivity contribution >= 4 is 11.3 Å². The first-order chi connectivity index (χ1) is 9.90. The average Bonchev–Trinajstić information content (AvgIpc) is 3.13. The third-order valence-corrected chi connectivity index (χ3v) is 3.78. The number of imidazole rings is 1. The summed E-state index contributed by atoms with van der Waals surface area (Å²) in [5.74, 6) is 0.990. The second-order valence-corrected chi connectivity index (χ2v) is 5.45. The molecule has 0 saturated carbocycles. The molecule has 0 bridgehead atoms. The van der Waals surface area contributed by atoms with Gasteiger partial charge in [0, 0.05) is 37.9 Å². The molecule has 0 atom stereocenters. The quantitative estimate of drug-likeness (QED) is 0.756. The summed E-state index contributed by atoms with van der Waals surface area (Å²) in [4.78, 5) is 14.0. The Balaban J connectivity index is 1.72. The lowest BCUT2D eigenvalue weighted by Crippen LogP contribution is -2.22. The normalized spacial score (nSPS) is 11.1. The highest BCUT2D eigenvalue weighted by Crippen LogP contribution is 2.14. The van der Waals surface area contributed by atoms with Crippen molar-refractivity contribution in [3.05, 3.63) is 70.7 Å². The van der Waals surface area contributed by atoms with E-state index in [4.69, 9.17) is 0 Å². The van der Waals surface area contributed by atoms with E-state index in [1.54, 1.807) is 23.7 Å². The van der Waals surface area contributed by atoms with Gasteiger partial charge in [0.2, 0.25) is 0 Å². The molecular weight excluding hydrogens is 268 g/mol. The minimum absolute atomic E-state index is 0.803. The van der Waals surface area contributed by atoms with Crippen LogP contribution in [0.4, 0.5) is 0 Å². The Hall–Kier alpha value is -1.98. The molecule has 3 aromatic heterocycles. The molecule has 4 nitrogen and oxygen atoms in total. The van der Waals surface area contributed by atoms with Crippen molar-refractivity contribution in [3.63, 3.8) is 0 Å². The van der Waals surface area contributed by atoms with E-state index < -0.39 is 0 Å². The predicted molar refractivity (Wildman–Crippen MR) is 80.1 cm³/mol. The first-order valence-corrected chi connectivity index (χ1v) is 7.45. The highest BCUT2D eigenvalue weighted by atomic mass is 32.1. The van der Waals surface area contributed by atoms with E-state index in [1.807, 2.05) is 18.5 Å². The topological polar surface area (TPSA) is 44.8 Å². The van der Waals surface area contributed by atoms with E-state index >= 15 is 0 Å². The molecule has 0 aliphatic carbocycles. The van der Waals surface area contributed by atoms with Gasteiger partial charge in [0.05, 0.1) is 6.54 Å². The van der Waals surface area contributed by atoms with E-state index in [0.29, 0.717) is 0 Å². The van der Waals surface area contributed by atoms with Crippen molar-refractivity contribution in [2.24, 2.45) is 0 Å². The minimum Gasteiger partial charge on any atom is -0.348 e. The molecule has 0 spiro atoms. The molecule has 0 unspecified atom stereocenters. The molecule has 3 aromatic rings. The zero-order valence-corrected chi connectivity index (χ0v) is 11.9. The number of hydrogen-bond donors (Lipinski definition) is 1. The number of nitrogens with zero attached hydrogens (tertiary/aromatic N) is 3. The molecule has 0 aliphatic heterocycles. The van der Waals surface area contributed by atoms with Crippen LogP contribution in [0, 0.1) is 0 Å². The number of nitrogens with one attached hydrogen (secondary N) is 1. The van der Waals surface area contributed by atoms with Gasteiger partial charge >= 0.3 is 0 Å². The first kappa shape index (κ1) is 13.0. The molecule has 3 rings (SSSR count). The van der Waals surface area contributed by atoms with E-state index in [0.717, 1.165) is 25.5 Å². The van der Waals surface area contributed by atoms with Crippen LogP contribution >= 0.6 is 11.3 Å². The van der Waals surface area contributed by atoms with Crippen LogP contribution in [0.2, 0.25) is 0 Å². The number of pyridine rings is 1. The Kier molecular flexibility index (Phi) is 4.20. The van der Waals surface area contributed by atoms with Gasteiger partial charge in [0.25, 0.3) is 0 Å². The van der Waals surface area contributed by atoms with Crippen LogP contribution in [0.1, 0.15) is 17.0 Å². The molecule has 0 amide bonds. The fourth-order valence-corrected chi connectivity index (χ4v) is 2.81. The van der Waals surface area contributed by atoms with Gasteiger partial charge in [0.15, 0.2) is 0 Å². The van der Waals surface area contributed by atoms with Gasteiger partial charge in [-0.25, -0.2) is 4.98 Å². The number of hydrogen-bond acceptors (Lipinski definition) is 4. The van der Waals surface area contributed by atoms with Crippen molar-refractivity contribution in [1.29, 1.82) is 0 Å². The largest absolute Gasteiger partial charge is 0.348 e. The van der Waals surface area contributed by atoms with Gasteiger partial charge in [-0.3, -0.25) is 9.88 Å². The minimum atomic E-state index is 0.803. The van der Waals surface area contributed by atoms with Gasteiger partial charge in [0.1, 0.15) is 5.82 Å². The highest BCUT2D eigenvalue weighted by molar-refractivity contribution is 7.07. The van der Waals surface area contributed by atoms with Crippen molar-refractivity contribution in [2.45, 2.75) is 19.6 Å². The Bertz CT molecular complexity index is 568. The van der Waals surface area contributed by atoms with Crippen LogP contribution in [0.15, 0.2) is 53.7 Å². The Morgan fingerprint density at radius 2 is 2.05 bits per heavy atom. The molecule has 0 aromatic carbocycles. The summed E-state index contributed by atoms with van der Waals surface area (Å²) in [6, 6.07) is 6.25. The van der Waals surface area contributed by atoms with Crippen LogP contribution in [0.25, 0.3) is 0 Å². The second-order valence-electron chi connectivity index (χ2n) is 4.67. The van der Waals surface area contributed by atoms with E-state index in [2.05, 4.69) is 42.7 Å². The second kappa shape index (κ2) is 6.45. The molecule has 0 saturated heterocycles. The standard InChI is InChI=1S/C15H16N4S/c1-2-13(8-16-4-1)9-19(10-14-3-7-20-12-14)11-15-17-5-6-18-15/h1-8,12H,9-11H2,(H,17,18). The number of rotatable bonds is 6. The van der Waals surface area contributed by atoms with Crippen molar-refractivity contribution in [3.8, 4) is 0 Å². The average molecular weight is 284 g/mol. The lowest BCUT2D eigenvalue weighted by Gasteiger charge is -2.20. The molecule has 0 fully saturated rings. The SMILES string of the molecule is c1cncc(CN(Cc2ccsc2)Cc2ncc[nH]2)c1. The van der Waals surface area contributed by atoms with Gasteiger partial charge in [-0.1, -0.05) is 6.07 Å². The van der Waals surface area contributed by atoms with Crippen LogP contribution in [-0.2, 0) is 19.6 Å². The Morgan fingerprint density at radius 3 is 2.75 bits per heavy atom. The number of thiophene rings is 1. The predicted octanol–water partition coefficient (Wildman–Crippen LogP) is 3.07. The highest BCUT2D eigenvalue weighted by Gasteiger charge is 2.10. The Morgan fingerprint density at radius 1 is 1.10 bits per heavy atom. The lowest BCUT2D eigenvalue weighted by molar-refractivity contribution is 0.242. The summed E-state index contributed by atoms with van der Waals surface area (Å²) in [5.41, 5.74) is 2.56. The molecule has 20 heavy (non-hydrogen) atoms. The number of aromatic amines is 1. The molecule has 0 aliphatic rings. The summed E-state index contributed by atoms with van der Waals surface area (Å²) >= 11 is 1.73. The zero-order valence-electron chi connectivity index (χ0n) is 11.1. The number of H-pyrrole nitrogens is 1.